The van der Waals surface area contributed by atoms with Crippen LogP contribution >= 0.6 is 0 Å². The van der Waals surface area contributed by atoms with Crippen LogP contribution in [0.4, 0.5) is 11.4 Å². The van der Waals surface area contributed by atoms with E-state index in [2.05, 4.69) is 0 Å². The Kier molecular flexibility index (Phi) is 12.8. The van der Waals surface area contributed by atoms with Crippen LogP contribution in [-0.4, -0.2) is 77.8 Å². The zero-order chi connectivity index (χ0) is 38.5. The molecule has 0 aliphatic heterocycles. The van der Waals surface area contributed by atoms with Crippen LogP contribution in [0.2, 0.25) is 0 Å². The maximum absolute atomic E-state index is 12.1. The van der Waals surface area contributed by atoms with Crippen molar-refractivity contribution in [3.05, 3.63) is 60.7 Å². The molecule has 52 heavy (non-hydrogen) atoms. The Morgan fingerprint density at radius 3 is 1.02 bits per heavy atom. The van der Waals surface area contributed by atoms with Gasteiger partial charge in [0, 0.05) is 46.0 Å². The minimum atomic E-state index is -4.84. The van der Waals surface area contributed by atoms with Crippen LogP contribution in [0.3, 0.4) is 0 Å². The van der Waals surface area contributed by atoms with E-state index in [1.807, 2.05) is 0 Å². The van der Waals surface area contributed by atoms with Crippen LogP contribution in [0.1, 0.15) is 51.4 Å². The highest BCUT2D eigenvalue weighted by Crippen LogP contribution is 2.35. The summed E-state index contributed by atoms with van der Waals surface area (Å²) in [5.74, 6) is 0. The van der Waals surface area contributed by atoms with Crippen molar-refractivity contribution in [1.82, 2.24) is 0 Å². The molecule has 0 unspecified atom stereocenters. The van der Waals surface area contributed by atoms with E-state index in [-0.39, 0.29) is 46.0 Å². The standard InChI is InChI=1S/C32H36N2O14S4/c35-21-33(23-17-27-25(31(19-23)51(43,44)45)11-9-13-29(27)49(37,38)39)15-7-5-3-1-2-4-6-8-16-34(22-36)24-18-28-26(32(20-24)52(46,47)48)12-10-14-30(28)50(40,41)42/h9-14,17-22H,1-8,15-16H2,(H,37,38,39)(H,40,41,42)(H,43,44,45)(H,46,47,48). The summed E-state index contributed by atoms with van der Waals surface area (Å²) in [5, 5.41) is -0.685. The molecule has 0 spiro atoms. The van der Waals surface area contributed by atoms with Crippen molar-refractivity contribution in [2.45, 2.75) is 70.9 Å². The summed E-state index contributed by atoms with van der Waals surface area (Å²) in [5.41, 5.74) is 0.0136. The number of rotatable bonds is 19. The molecule has 4 N–H and O–H groups in total. The summed E-state index contributed by atoms with van der Waals surface area (Å²) in [6.45, 7) is 0.296. The molecule has 20 heteroatoms. The van der Waals surface area contributed by atoms with Gasteiger partial charge >= 0.3 is 0 Å². The number of nitrogens with zero attached hydrogens (tertiary/aromatic N) is 2. The number of unbranched alkanes of at least 4 members (excludes halogenated alkanes) is 7. The van der Waals surface area contributed by atoms with E-state index < -0.39 is 60.1 Å². The Bertz CT molecular complexity index is 2260. The van der Waals surface area contributed by atoms with Crippen LogP contribution in [0.15, 0.2) is 80.2 Å². The molecule has 0 saturated heterocycles. The number of anilines is 2. The smallest absolute Gasteiger partial charge is 0.295 e. The molecule has 282 valence electrons. The minimum absolute atomic E-state index is 0.00682. The fraction of sp³-hybridized carbons (Fsp3) is 0.312. The van der Waals surface area contributed by atoms with Gasteiger partial charge in [0.15, 0.2) is 0 Å². The molecule has 16 nitrogen and oxygen atoms in total. The van der Waals surface area contributed by atoms with Crippen molar-refractivity contribution in [3.63, 3.8) is 0 Å². The topological polar surface area (TPSA) is 258 Å². The highest BCUT2D eigenvalue weighted by molar-refractivity contribution is 7.87. The van der Waals surface area contributed by atoms with Crippen molar-refractivity contribution in [2.24, 2.45) is 0 Å². The number of hydrogen-bond donors (Lipinski definition) is 4. The lowest BCUT2D eigenvalue weighted by atomic mass is 10.1. The first kappa shape index (κ1) is 40.7. The second-order valence-corrected chi connectivity index (χ2v) is 17.5. The van der Waals surface area contributed by atoms with Crippen molar-refractivity contribution < 1.29 is 61.5 Å². The molecule has 0 bridgehead atoms. The third-order valence-electron chi connectivity index (χ3n) is 8.38. The summed E-state index contributed by atoms with van der Waals surface area (Å²) < 4.78 is 135. The Morgan fingerprint density at radius 2 is 0.731 bits per heavy atom. The third kappa shape index (κ3) is 9.89. The Balaban J connectivity index is 1.30. The van der Waals surface area contributed by atoms with Gasteiger partial charge in [-0.25, -0.2) is 0 Å². The lowest BCUT2D eigenvalue weighted by molar-refractivity contribution is -0.108. The summed E-state index contributed by atoms with van der Waals surface area (Å²) in [4.78, 5) is 23.8. The monoisotopic (exact) mass is 800 g/mol. The van der Waals surface area contributed by atoms with Gasteiger partial charge in [-0.05, 0) is 49.2 Å². The van der Waals surface area contributed by atoms with Crippen LogP contribution in [0.5, 0.6) is 0 Å². The Morgan fingerprint density at radius 1 is 0.423 bits per heavy atom. The summed E-state index contributed by atoms with van der Waals surface area (Å²) >= 11 is 0. The molecule has 0 saturated carbocycles. The molecule has 0 radical (unpaired) electrons. The van der Waals surface area contributed by atoms with Gasteiger partial charge in [-0.3, -0.25) is 27.8 Å². The van der Waals surface area contributed by atoms with E-state index in [0.717, 1.165) is 49.9 Å². The van der Waals surface area contributed by atoms with Crippen LogP contribution in [0.25, 0.3) is 21.5 Å². The van der Waals surface area contributed by atoms with Crippen LogP contribution in [-0.2, 0) is 50.1 Å². The second-order valence-electron chi connectivity index (χ2n) is 11.9. The van der Waals surface area contributed by atoms with Crippen molar-refractivity contribution in [3.8, 4) is 0 Å². The minimum Gasteiger partial charge on any atom is -0.315 e. The number of carbonyl (C=O) groups is 2. The zero-order valence-electron chi connectivity index (χ0n) is 27.4. The summed E-state index contributed by atoms with van der Waals surface area (Å²) in [7, 11) is -19.2. The molecule has 0 aliphatic carbocycles. The maximum atomic E-state index is 12.1. The lowest BCUT2D eigenvalue weighted by Crippen LogP contribution is -2.23. The maximum Gasteiger partial charge on any atom is 0.295 e. The van der Waals surface area contributed by atoms with Crippen molar-refractivity contribution >= 4 is 86.2 Å². The van der Waals surface area contributed by atoms with Gasteiger partial charge in [0.25, 0.3) is 40.5 Å². The zero-order valence-corrected chi connectivity index (χ0v) is 30.7. The Labute approximate surface area is 301 Å². The second kappa shape index (κ2) is 16.3. The van der Waals surface area contributed by atoms with Gasteiger partial charge in [-0.1, -0.05) is 62.8 Å². The molecule has 4 aromatic rings. The Hall–Kier alpha value is -4.02. The normalized spacial score (nSPS) is 12.6. The van der Waals surface area contributed by atoms with Crippen LogP contribution < -0.4 is 9.80 Å². The molecular formula is C32H36N2O14S4. The summed E-state index contributed by atoms with van der Waals surface area (Å²) in [6, 6.07) is 11.7. The van der Waals surface area contributed by atoms with E-state index in [4.69, 9.17) is 0 Å². The third-order valence-corrected chi connectivity index (χ3v) is 12.0. The molecule has 0 fully saturated rings. The van der Waals surface area contributed by atoms with Crippen molar-refractivity contribution in [1.29, 1.82) is 0 Å². The highest BCUT2D eigenvalue weighted by atomic mass is 32.2. The number of benzene rings is 4. The first-order valence-electron chi connectivity index (χ1n) is 15.7. The van der Waals surface area contributed by atoms with Gasteiger partial charge in [0.2, 0.25) is 12.8 Å². The quantitative estimate of drug-likeness (QED) is 0.0568. The predicted octanol–water partition coefficient (Wildman–Crippen LogP) is 4.73. The molecule has 0 aromatic heterocycles. The van der Waals surface area contributed by atoms with E-state index in [1.54, 1.807) is 0 Å². The van der Waals surface area contributed by atoms with Gasteiger partial charge in [0.1, 0.15) is 19.6 Å². The molecular weight excluding hydrogens is 765 g/mol. The predicted molar refractivity (Wildman–Crippen MR) is 191 cm³/mol. The molecule has 0 atom stereocenters. The van der Waals surface area contributed by atoms with Gasteiger partial charge in [0.05, 0.1) is 0 Å². The molecule has 0 heterocycles. The van der Waals surface area contributed by atoms with Gasteiger partial charge in [-0.15, -0.1) is 0 Å². The fourth-order valence-corrected chi connectivity index (χ4v) is 8.78. The average Bonchev–Trinajstić information content (AvgIpc) is 3.05. The van der Waals surface area contributed by atoms with Crippen LogP contribution in [0, 0.1) is 0 Å². The van der Waals surface area contributed by atoms with E-state index >= 15 is 0 Å². The molecule has 0 aliphatic rings. The lowest BCUT2D eigenvalue weighted by Gasteiger charge is -2.20. The largest absolute Gasteiger partial charge is 0.315 e. The number of hydrogen-bond acceptors (Lipinski definition) is 10. The first-order chi connectivity index (χ1) is 24.3. The summed E-state index contributed by atoms with van der Waals surface area (Å²) in [6.07, 6.45) is 6.46. The first-order valence-corrected chi connectivity index (χ1v) is 21.5. The molecule has 4 aromatic carbocycles. The number of fused-ring (bicyclic) bond motifs is 2. The number of amides is 2. The highest BCUT2D eigenvalue weighted by Gasteiger charge is 2.24. The molecule has 2 amide bonds. The SMILES string of the molecule is O=CN(CCCCCCCCCCN(C=O)c1cc(S(=O)(=O)O)c2cccc(S(=O)(=O)O)c2c1)c1cc(S(=O)(=O)O)c2cccc(S(=O)(=O)O)c2c1. The van der Waals surface area contributed by atoms with Gasteiger partial charge in [-0.2, -0.15) is 33.7 Å². The van der Waals surface area contributed by atoms with E-state index in [1.165, 1.54) is 46.2 Å². The fourth-order valence-electron chi connectivity index (χ4n) is 5.94. The molecule has 4 rings (SSSR count). The van der Waals surface area contributed by atoms with E-state index in [0.29, 0.717) is 38.5 Å². The van der Waals surface area contributed by atoms with E-state index in [9.17, 15) is 61.5 Å². The van der Waals surface area contributed by atoms with Gasteiger partial charge < -0.3 is 9.80 Å². The average molecular weight is 801 g/mol. The van der Waals surface area contributed by atoms with Crippen molar-refractivity contribution in [2.75, 3.05) is 22.9 Å². The number of carbonyl (C=O) groups excluding carboxylic acids is 2.